The van der Waals surface area contributed by atoms with Gasteiger partial charge in [-0.3, -0.25) is 0 Å². The Balaban J connectivity index is 2.19. The summed E-state index contributed by atoms with van der Waals surface area (Å²) < 4.78 is 10.2. The maximum atomic E-state index is 11.4. The molecular formula is C12H12N2O4. The highest BCUT2D eigenvalue weighted by Crippen LogP contribution is 2.15. The van der Waals surface area contributed by atoms with Gasteiger partial charge < -0.3 is 14.4 Å². The van der Waals surface area contributed by atoms with Crippen molar-refractivity contribution in [1.82, 2.24) is 4.98 Å². The summed E-state index contributed by atoms with van der Waals surface area (Å²) >= 11 is 0. The van der Waals surface area contributed by atoms with Crippen molar-refractivity contribution < 1.29 is 19.2 Å². The van der Waals surface area contributed by atoms with Crippen LogP contribution in [0.15, 0.2) is 33.8 Å². The number of hydrogen-bond acceptors (Lipinski definition) is 6. The molecule has 1 heterocycles. The number of carbonyl (C=O) groups is 1. The SMILES string of the molecule is CCOC(=O)C(Cc1nc2ccccc2o1)=NO. The molecule has 1 N–H and O–H groups in total. The Morgan fingerprint density at radius 1 is 1.50 bits per heavy atom. The van der Waals surface area contributed by atoms with Gasteiger partial charge in [-0.2, -0.15) is 0 Å². The molecule has 2 rings (SSSR count). The summed E-state index contributed by atoms with van der Waals surface area (Å²) in [6.45, 7) is 1.89. The summed E-state index contributed by atoms with van der Waals surface area (Å²) in [6.07, 6.45) is -0.00991. The first-order valence-electron chi connectivity index (χ1n) is 5.47. The van der Waals surface area contributed by atoms with Gasteiger partial charge in [0, 0.05) is 0 Å². The molecule has 0 atom stereocenters. The van der Waals surface area contributed by atoms with E-state index in [9.17, 15) is 4.79 Å². The van der Waals surface area contributed by atoms with Gasteiger partial charge in [0.1, 0.15) is 5.52 Å². The number of nitrogens with zero attached hydrogens (tertiary/aromatic N) is 2. The number of para-hydroxylation sites is 2. The molecule has 0 spiro atoms. The van der Waals surface area contributed by atoms with Crippen molar-refractivity contribution >= 4 is 22.8 Å². The van der Waals surface area contributed by atoms with Gasteiger partial charge >= 0.3 is 5.97 Å². The van der Waals surface area contributed by atoms with E-state index in [2.05, 4.69) is 10.1 Å². The highest BCUT2D eigenvalue weighted by atomic mass is 16.5. The smallest absolute Gasteiger partial charge is 0.356 e. The Kier molecular flexibility index (Phi) is 3.57. The van der Waals surface area contributed by atoms with E-state index >= 15 is 0 Å². The standard InChI is InChI=1S/C12H12N2O4/c1-2-17-12(15)9(14-16)7-11-13-8-5-3-4-6-10(8)18-11/h3-6,16H,2,7H2,1H3. The molecule has 94 valence electrons. The fourth-order valence-corrected chi connectivity index (χ4v) is 1.50. The van der Waals surface area contributed by atoms with Crippen molar-refractivity contribution in [2.75, 3.05) is 6.61 Å². The van der Waals surface area contributed by atoms with Crippen LogP contribution in [0.25, 0.3) is 11.1 Å². The van der Waals surface area contributed by atoms with Gasteiger partial charge in [0.15, 0.2) is 11.3 Å². The van der Waals surface area contributed by atoms with Crippen molar-refractivity contribution in [2.24, 2.45) is 5.16 Å². The van der Waals surface area contributed by atoms with E-state index in [4.69, 9.17) is 14.4 Å². The predicted molar refractivity (Wildman–Crippen MR) is 63.6 cm³/mol. The monoisotopic (exact) mass is 248 g/mol. The van der Waals surface area contributed by atoms with Gasteiger partial charge in [-0.05, 0) is 19.1 Å². The molecule has 18 heavy (non-hydrogen) atoms. The minimum Gasteiger partial charge on any atom is -0.461 e. The first kappa shape index (κ1) is 12.1. The number of hydrogen-bond donors (Lipinski definition) is 1. The van der Waals surface area contributed by atoms with Gasteiger partial charge in [-0.1, -0.05) is 17.3 Å². The lowest BCUT2D eigenvalue weighted by Crippen LogP contribution is -2.20. The fourth-order valence-electron chi connectivity index (χ4n) is 1.50. The lowest BCUT2D eigenvalue weighted by Gasteiger charge is -2.00. The lowest BCUT2D eigenvalue weighted by molar-refractivity contribution is -0.135. The molecule has 0 saturated heterocycles. The Morgan fingerprint density at radius 2 is 2.28 bits per heavy atom. The zero-order chi connectivity index (χ0) is 13.0. The van der Waals surface area contributed by atoms with Gasteiger partial charge in [-0.15, -0.1) is 0 Å². The number of esters is 1. The zero-order valence-electron chi connectivity index (χ0n) is 9.79. The maximum Gasteiger partial charge on any atom is 0.356 e. The van der Waals surface area contributed by atoms with Crippen molar-refractivity contribution in [3.8, 4) is 0 Å². The molecule has 0 aliphatic carbocycles. The summed E-state index contributed by atoms with van der Waals surface area (Å²) in [6, 6.07) is 7.22. The lowest BCUT2D eigenvalue weighted by atomic mass is 10.3. The number of oxazole rings is 1. The number of benzene rings is 1. The number of ether oxygens (including phenoxy) is 1. The van der Waals surface area contributed by atoms with Crippen LogP contribution in [0.4, 0.5) is 0 Å². The summed E-state index contributed by atoms with van der Waals surface area (Å²) in [5.74, 6) is -0.376. The van der Waals surface area contributed by atoms with Crippen molar-refractivity contribution in [1.29, 1.82) is 0 Å². The van der Waals surface area contributed by atoms with Gasteiger partial charge in [0.05, 0.1) is 13.0 Å². The summed E-state index contributed by atoms with van der Waals surface area (Å²) in [5, 5.41) is 11.7. The minimum absolute atomic E-state index is 0.00991. The number of fused-ring (bicyclic) bond motifs is 1. The minimum atomic E-state index is -0.678. The van der Waals surface area contributed by atoms with E-state index in [1.165, 1.54) is 0 Å². The molecule has 1 aromatic carbocycles. The fraction of sp³-hybridized carbons (Fsp3) is 0.250. The molecule has 0 fully saturated rings. The molecule has 1 aromatic heterocycles. The summed E-state index contributed by atoms with van der Waals surface area (Å²) in [7, 11) is 0. The van der Waals surface area contributed by atoms with Crippen molar-refractivity contribution in [2.45, 2.75) is 13.3 Å². The maximum absolute atomic E-state index is 11.4. The Bertz CT molecular complexity index is 556. The molecular weight excluding hydrogens is 236 g/mol. The van der Waals surface area contributed by atoms with Crippen molar-refractivity contribution in [3.05, 3.63) is 30.2 Å². The number of oxime groups is 1. The third kappa shape index (κ3) is 2.48. The van der Waals surface area contributed by atoms with Crippen LogP contribution in [0.5, 0.6) is 0 Å². The first-order chi connectivity index (χ1) is 8.74. The molecule has 0 radical (unpaired) electrons. The normalized spacial score (nSPS) is 11.7. The first-order valence-corrected chi connectivity index (χ1v) is 5.47. The molecule has 2 aromatic rings. The number of aromatic nitrogens is 1. The van der Waals surface area contributed by atoms with Crippen LogP contribution in [0, 0.1) is 0 Å². The molecule has 6 nitrogen and oxygen atoms in total. The van der Waals surface area contributed by atoms with Crippen LogP contribution in [-0.4, -0.2) is 28.5 Å². The van der Waals surface area contributed by atoms with Gasteiger partial charge in [0.25, 0.3) is 0 Å². The molecule has 0 amide bonds. The van der Waals surface area contributed by atoms with Gasteiger partial charge in [-0.25, -0.2) is 9.78 Å². The third-order valence-corrected chi connectivity index (χ3v) is 2.29. The average Bonchev–Trinajstić information content (AvgIpc) is 2.78. The quantitative estimate of drug-likeness (QED) is 0.385. The van der Waals surface area contributed by atoms with Crippen LogP contribution in [0.1, 0.15) is 12.8 Å². The number of carbonyl (C=O) groups excluding carboxylic acids is 1. The average molecular weight is 248 g/mol. The van der Waals surface area contributed by atoms with Crippen LogP contribution >= 0.6 is 0 Å². The molecule has 0 aliphatic rings. The summed E-state index contributed by atoms with van der Waals surface area (Å²) in [4.78, 5) is 15.6. The zero-order valence-corrected chi connectivity index (χ0v) is 9.79. The highest BCUT2D eigenvalue weighted by Gasteiger charge is 2.17. The second kappa shape index (κ2) is 5.31. The molecule has 6 heteroatoms. The van der Waals surface area contributed by atoms with E-state index in [1.807, 2.05) is 12.1 Å². The van der Waals surface area contributed by atoms with E-state index in [-0.39, 0.29) is 18.7 Å². The van der Waals surface area contributed by atoms with E-state index < -0.39 is 5.97 Å². The van der Waals surface area contributed by atoms with E-state index in [0.29, 0.717) is 17.0 Å². The Morgan fingerprint density at radius 3 is 2.94 bits per heavy atom. The molecule has 0 saturated carbocycles. The summed E-state index contributed by atoms with van der Waals surface area (Å²) in [5.41, 5.74) is 1.17. The van der Waals surface area contributed by atoms with E-state index in [1.54, 1.807) is 19.1 Å². The molecule has 0 aliphatic heterocycles. The Labute approximate surface area is 103 Å². The third-order valence-electron chi connectivity index (χ3n) is 2.29. The largest absolute Gasteiger partial charge is 0.461 e. The van der Waals surface area contributed by atoms with Crippen LogP contribution in [0.3, 0.4) is 0 Å². The second-order valence-electron chi connectivity index (χ2n) is 3.52. The molecule has 0 bridgehead atoms. The topological polar surface area (TPSA) is 84.9 Å². The predicted octanol–water partition coefficient (Wildman–Crippen LogP) is 1.76. The highest BCUT2D eigenvalue weighted by molar-refractivity contribution is 6.36. The van der Waals surface area contributed by atoms with Gasteiger partial charge in [0.2, 0.25) is 5.89 Å². The number of rotatable bonds is 4. The molecule has 0 unspecified atom stereocenters. The van der Waals surface area contributed by atoms with Crippen molar-refractivity contribution in [3.63, 3.8) is 0 Å². The van der Waals surface area contributed by atoms with E-state index in [0.717, 1.165) is 0 Å². The van der Waals surface area contributed by atoms with Crippen LogP contribution < -0.4 is 0 Å². The Hall–Kier alpha value is -2.37. The van der Waals surface area contributed by atoms with Crippen LogP contribution in [0.2, 0.25) is 0 Å². The second-order valence-corrected chi connectivity index (χ2v) is 3.52. The van der Waals surface area contributed by atoms with Crippen LogP contribution in [-0.2, 0) is 16.0 Å².